The van der Waals surface area contributed by atoms with E-state index in [0.29, 0.717) is 6.61 Å². The smallest absolute Gasteiger partial charge is 0.332 e. The standard InChI is InChI=1S/C15H22O3/c1-5-13(4)18-15(16)10-17-9-14-7-6-11(2)8-12(14)3/h6-8,13H,5,9-10H2,1-4H3. The first-order valence-electron chi connectivity index (χ1n) is 6.36. The van der Waals surface area contributed by atoms with Crippen molar-refractivity contribution in [1.29, 1.82) is 0 Å². The molecule has 0 aliphatic carbocycles. The van der Waals surface area contributed by atoms with E-state index < -0.39 is 0 Å². The van der Waals surface area contributed by atoms with Crippen LogP contribution in [-0.4, -0.2) is 18.7 Å². The molecule has 100 valence electrons. The highest BCUT2D eigenvalue weighted by atomic mass is 16.6. The molecular formula is C15H22O3. The highest BCUT2D eigenvalue weighted by Crippen LogP contribution is 2.11. The zero-order valence-corrected chi connectivity index (χ0v) is 11.7. The molecule has 18 heavy (non-hydrogen) atoms. The van der Waals surface area contributed by atoms with Crippen molar-refractivity contribution in [2.24, 2.45) is 0 Å². The van der Waals surface area contributed by atoms with Gasteiger partial charge in [0.25, 0.3) is 0 Å². The molecule has 0 aliphatic heterocycles. The zero-order valence-electron chi connectivity index (χ0n) is 11.7. The maximum atomic E-state index is 11.4. The summed E-state index contributed by atoms with van der Waals surface area (Å²) in [5.41, 5.74) is 3.52. The normalized spacial score (nSPS) is 12.2. The van der Waals surface area contributed by atoms with Crippen LogP contribution < -0.4 is 0 Å². The number of aryl methyl sites for hydroxylation is 2. The van der Waals surface area contributed by atoms with Crippen molar-refractivity contribution in [3.63, 3.8) is 0 Å². The third-order valence-electron chi connectivity index (χ3n) is 2.88. The Hall–Kier alpha value is -1.35. The summed E-state index contributed by atoms with van der Waals surface area (Å²) in [4.78, 5) is 11.4. The molecule has 1 rings (SSSR count). The monoisotopic (exact) mass is 250 g/mol. The van der Waals surface area contributed by atoms with Gasteiger partial charge in [0, 0.05) is 0 Å². The summed E-state index contributed by atoms with van der Waals surface area (Å²) in [5.74, 6) is -0.297. The van der Waals surface area contributed by atoms with Gasteiger partial charge in [-0.3, -0.25) is 0 Å². The molecule has 0 aromatic heterocycles. The highest BCUT2D eigenvalue weighted by molar-refractivity contribution is 5.70. The fourth-order valence-corrected chi connectivity index (χ4v) is 1.59. The van der Waals surface area contributed by atoms with Crippen molar-refractivity contribution in [1.82, 2.24) is 0 Å². The van der Waals surface area contributed by atoms with Crippen LogP contribution in [0.15, 0.2) is 18.2 Å². The van der Waals surface area contributed by atoms with Crippen molar-refractivity contribution < 1.29 is 14.3 Å². The fraction of sp³-hybridized carbons (Fsp3) is 0.533. The van der Waals surface area contributed by atoms with Crippen LogP contribution in [0.25, 0.3) is 0 Å². The van der Waals surface area contributed by atoms with E-state index in [4.69, 9.17) is 9.47 Å². The van der Waals surface area contributed by atoms with Gasteiger partial charge in [-0.25, -0.2) is 4.79 Å². The van der Waals surface area contributed by atoms with Crippen molar-refractivity contribution in [2.75, 3.05) is 6.61 Å². The molecule has 1 unspecified atom stereocenters. The number of esters is 1. The van der Waals surface area contributed by atoms with Crippen LogP contribution in [0, 0.1) is 13.8 Å². The van der Waals surface area contributed by atoms with Crippen molar-refractivity contribution >= 4 is 5.97 Å². The molecule has 0 amide bonds. The van der Waals surface area contributed by atoms with E-state index in [-0.39, 0.29) is 18.7 Å². The molecular weight excluding hydrogens is 228 g/mol. The Kier molecular flexibility index (Phi) is 5.86. The van der Waals surface area contributed by atoms with Gasteiger partial charge in [-0.15, -0.1) is 0 Å². The second-order valence-corrected chi connectivity index (χ2v) is 4.63. The SMILES string of the molecule is CCC(C)OC(=O)COCc1ccc(C)cc1C. The molecule has 1 aromatic rings. The molecule has 0 saturated carbocycles. The van der Waals surface area contributed by atoms with Crippen LogP contribution in [0.4, 0.5) is 0 Å². The van der Waals surface area contributed by atoms with E-state index in [9.17, 15) is 4.79 Å². The second-order valence-electron chi connectivity index (χ2n) is 4.63. The van der Waals surface area contributed by atoms with Gasteiger partial charge in [-0.05, 0) is 38.3 Å². The molecule has 1 atom stereocenters. The molecule has 0 heterocycles. The maximum absolute atomic E-state index is 11.4. The summed E-state index contributed by atoms with van der Waals surface area (Å²) >= 11 is 0. The number of rotatable bonds is 6. The van der Waals surface area contributed by atoms with E-state index in [1.807, 2.05) is 32.9 Å². The molecule has 0 saturated heterocycles. The minimum absolute atomic E-state index is 0.0116. The summed E-state index contributed by atoms with van der Waals surface area (Å²) in [5, 5.41) is 0. The molecule has 0 radical (unpaired) electrons. The molecule has 0 aliphatic rings. The molecule has 0 fully saturated rings. The Morgan fingerprint density at radius 3 is 2.67 bits per heavy atom. The molecule has 0 N–H and O–H groups in total. The highest BCUT2D eigenvalue weighted by Gasteiger charge is 2.08. The molecule has 1 aromatic carbocycles. The molecule has 0 spiro atoms. The molecule has 3 heteroatoms. The summed E-state index contributed by atoms with van der Waals surface area (Å²) in [6, 6.07) is 6.18. The van der Waals surface area contributed by atoms with E-state index in [1.54, 1.807) is 0 Å². The van der Waals surface area contributed by atoms with Gasteiger partial charge < -0.3 is 9.47 Å². The number of carbonyl (C=O) groups excluding carboxylic acids is 1. The molecule has 3 nitrogen and oxygen atoms in total. The lowest BCUT2D eigenvalue weighted by atomic mass is 10.1. The minimum Gasteiger partial charge on any atom is -0.461 e. The van der Waals surface area contributed by atoms with Gasteiger partial charge in [0.1, 0.15) is 6.61 Å². The first-order chi connectivity index (χ1) is 8.52. The van der Waals surface area contributed by atoms with Crippen molar-refractivity contribution in [3.8, 4) is 0 Å². The van der Waals surface area contributed by atoms with E-state index in [2.05, 4.69) is 13.0 Å². The Bertz CT molecular complexity index is 399. The maximum Gasteiger partial charge on any atom is 0.332 e. The largest absolute Gasteiger partial charge is 0.461 e. The first-order valence-corrected chi connectivity index (χ1v) is 6.36. The van der Waals surface area contributed by atoms with Gasteiger partial charge in [0.15, 0.2) is 0 Å². The fourth-order valence-electron chi connectivity index (χ4n) is 1.59. The van der Waals surface area contributed by atoms with Crippen LogP contribution in [0.1, 0.15) is 37.0 Å². The molecule has 0 bridgehead atoms. The van der Waals surface area contributed by atoms with E-state index >= 15 is 0 Å². The van der Waals surface area contributed by atoms with Crippen molar-refractivity contribution in [2.45, 2.75) is 46.8 Å². The van der Waals surface area contributed by atoms with Crippen LogP contribution in [0.5, 0.6) is 0 Å². The summed E-state index contributed by atoms with van der Waals surface area (Å²) < 4.78 is 10.5. The lowest BCUT2D eigenvalue weighted by Gasteiger charge is -2.11. The average molecular weight is 250 g/mol. The topological polar surface area (TPSA) is 35.5 Å². The third-order valence-corrected chi connectivity index (χ3v) is 2.88. The van der Waals surface area contributed by atoms with Crippen molar-refractivity contribution in [3.05, 3.63) is 34.9 Å². The summed E-state index contributed by atoms with van der Waals surface area (Å²) in [6.45, 7) is 8.42. The lowest BCUT2D eigenvalue weighted by molar-refractivity contribution is -0.154. The summed E-state index contributed by atoms with van der Waals surface area (Å²) in [6.07, 6.45) is 0.783. The lowest BCUT2D eigenvalue weighted by Crippen LogP contribution is -2.18. The number of carbonyl (C=O) groups is 1. The Labute approximate surface area is 109 Å². The Morgan fingerprint density at radius 1 is 1.33 bits per heavy atom. The Morgan fingerprint density at radius 2 is 2.06 bits per heavy atom. The van der Waals surface area contributed by atoms with Gasteiger partial charge >= 0.3 is 5.97 Å². The predicted molar refractivity (Wildman–Crippen MR) is 71.4 cm³/mol. The number of benzene rings is 1. The van der Waals surface area contributed by atoms with Gasteiger partial charge in [0.05, 0.1) is 12.7 Å². The summed E-state index contributed by atoms with van der Waals surface area (Å²) in [7, 11) is 0. The number of ether oxygens (including phenoxy) is 2. The quantitative estimate of drug-likeness (QED) is 0.727. The van der Waals surface area contributed by atoms with Crippen LogP contribution in [0.3, 0.4) is 0 Å². The van der Waals surface area contributed by atoms with E-state index in [1.165, 1.54) is 11.1 Å². The van der Waals surface area contributed by atoms with Crippen LogP contribution in [-0.2, 0) is 20.9 Å². The van der Waals surface area contributed by atoms with Crippen LogP contribution in [0.2, 0.25) is 0 Å². The number of hydrogen-bond acceptors (Lipinski definition) is 3. The van der Waals surface area contributed by atoms with E-state index in [0.717, 1.165) is 12.0 Å². The minimum atomic E-state index is -0.297. The zero-order chi connectivity index (χ0) is 13.5. The first kappa shape index (κ1) is 14.7. The Balaban J connectivity index is 2.35. The number of hydrogen-bond donors (Lipinski definition) is 0. The average Bonchev–Trinajstić information content (AvgIpc) is 2.31. The second kappa shape index (κ2) is 7.17. The predicted octanol–water partition coefficient (Wildman–Crippen LogP) is 3.16. The van der Waals surface area contributed by atoms with Gasteiger partial charge in [0.2, 0.25) is 0 Å². The third kappa shape index (κ3) is 4.88. The van der Waals surface area contributed by atoms with Crippen LogP contribution >= 0.6 is 0 Å². The van der Waals surface area contributed by atoms with Gasteiger partial charge in [-0.1, -0.05) is 30.7 Å². The van der Waals surface area contributed by atoms with Gasteiger partial charge in [-0.2, -0.15) is 0 Å².